The van der Waals surface area contributed by atoms with Crippen LogP contribution in [-0.2, 0) is 0 Å². The van der Waals surface area contributed by atoms with Crippen molar-refractivity contribution in [2.75, 3.05) is 6.54 Å². The van der Waals surface area contributed by atoms with E-state index >= 15 is 0 Å². The van der Waals surface area contributed by atoms with Gasteiger partial charge < -0.3 is 15.5 Å². The molecule has 0 spiro atoms. The summed E-state index contributed by atoms with van der Waals surface area (Å²) in [6.45, 7) is 4.24. The molecule has 0 aliphatic carbocycles. The van der Waals surface area contributed by atoms with Crippen molar-refractivity contribution in [2.24, 2.45) is 5.92 Å². The van der Waals surface area contributed by atoms with Gasteiger partial charge in [-0.3, -0.25) is 0 Å². The molecule has 0 aliphatic rings. The maximum Gasteiger partial charge on any atom is 0.120 e. The molecular weight excluding hydrogens is 204 g/mol. The second-order valence-corrected chi connectivity index (χ2v) is 3.90. The molecule has 16 heavy (non-hydrogen) atoms. The molecule has 0 aromatic heterocycles. The smallest absolute Gasteiger partial charge is 0.120 e. The van der Waals surface area contributed by atoms with Crippen molar-refractivity contribution in [3.63, 3.8) is 0 Å². The Morgan fingerprint density at radius 1 is 1.38 bits per heavy atom. The number of phenolic OH excluding ortho intramolecular Hbond substituents is 2. The Kier molecular flexibility index (Phi) is 4.15. The summed E-state index contributed by atoms with van der Waals surface area (Å²) in [7, 11) is 0. The van der Waals surface area contributed by atoms with E-state index in [2.05, 4.69) is 11.4 Å². The Hall–Kier alpha value is -1.73. The molecule has 4 nitrogen and oxygen atoms in total. The number of aromatic hydroxyl groups is 2. The van der Waals surface area contributed by atoms with Crippen molar-refractivity contribution in [3.8, 4) is 17.6 Å². The monoisotopic (exact) mass is 220 g/mol. The molecule has 1 rings (SSSR count). The van der Waals surface area contributed by atoms with E-state index in [1.807, 2.05) is 13.8 Å². The van der Waals surface area contributed by atoms with E-state index in [0.29, 0.717) is 12.1 Å². The van der Waals surface area contributed by atoms with Gasteiger partial charge in [0.1, 0.15) is 11.5 Å². The standard InChI is InChI=1S/C12H16N2O2/c1-8(6-13)7-14-9(2)11-5-10(15)3-4-12(11)16/h3-5,8-9,14-16H,7H2,1-2H3. The van der Waals surface area contributed by atoms with E-state index in [4.69, 9.17) is 5.26 Å². The first-order valence-electron chi connectivity index (χ1n) is 5.19. The third-order valence-electron chi connectivity index (χ3n) is 2.43. The lowest BCUT2D eigenvalue weighted by Crippen LogP contribution is -2.23. The highest BCUT2D eigenvalue weighted by molar-refractivity contribution is 5.40. The van der Waals surface area contributed by atoms with Gasteiger partial charge in [0.2, 0.25) is 0 Å². The van der Waals surface area contributed by atoms with Crippen LogP contribution in [0.1, 0.15) is 25.5 Å². The summed E-state index contributed by atoms with van der Waals surface area (Å²) >= 11 is 0. The Morgan fingerprint density at radius 3 is 2.69 bits per heavy atom. The highest BCUT2D eigenvalue weighted by Crippen LogP contribution is 2.27. The minimum absolute atomic E-state index is 0.0816. The van der Waals surface area contributed by atoms with E-state index < -0.39 is 0 Å². The average Bonchev–Trinajstić information content (AvgIpc) is 2.28. The SMILES string of the molecule is CC(C#N)CNC(C)c1cc(O)ccc1O. The summed E-state index contributed by atoms with van der Waals surface area (Å²) in [6.07, 6.45) is 0. The van der Waals surface area contributed by atoms with Crippen LogP contribution in [0.2, 0.25) is 0 Å². The Balaban J connectivity index is 2.69. The molecule has 0 radical (unpaired) electrons. The van der Waals surface area contributed by atoms with E-state index in [0.717, 1.165) is 0 Å². The highest BCUT2D eigenvalue weighted by atomic mass is 16.3. The van der Waals surface area contributed by atoms with Crippen LogP contribution in [0.3, 0.4) is 0 Å². The van der Waals surface area contributed by atoms with Crippen molar-refractivity contribution in [1.29, 1.82) is 5.26 Å². The fourth-order valence-electron chi connectivity index (χ4n) is 1.40. The molecule has 4 heteroatoms. The van der Waals surface area contributed by atoms with Gasteiger partial charge in [0.15, 0.2) is 0 Å². The molecule has 1 aromatic rings. The summed E-state index contributed by atoms with van der Waals surface area (Å²) in [6, 6.07) is 6.42. The Bertz CT molecular complexity index is 398. The zero-order valence-corrected chi connectivity index (χ0v) is 9.44. The summed E-state index contributed by atoms with van der Waals surface area (Å²) in [5.74, 6) is 0.180. The fraction of sp³-hybridized carbons (Fsp3) is 0.417. The first kappa shape index (κ1) is 12.3. The van der Waals surface area contributed by atoms with Crippen molar-refractivity contribution in [2.45, 2.75) is 19.9 Å². The number of benzene rings is 1. The predicted octanol–water partition coefficient (Wildman–Crippen LogP) is 1.91. The van der Waals surface area contributed by atoms with Crippen molar-refractivity contribution < 1.29 is 10.2 Å². The summed E-state index contributed by atoms with van der Waals surface area (Å²) in [4.78, 5) is 0. The molecule has 0 saturated heterocycles. The maximum absolute atomic E-state index is 9.61. The topological polar surface area (TPSA) is 76.3 Å². The Morgan fingerprint density at radius 2 is 2.06 bits per heavy atom. The van der Waals surface area contributed by atoms with Crippen molar-refractivity contribution in [1.82, 2.24) is 5.32 Å². The molecule has 0 fully saturated rings. The lowest BCUT2D eigenvalue weighted by Gasteiger charge is -2.16. The fourth-order valence-corrected chi connectivity index (χ4v) is 1.40. The molecule has 0 bridgehead atoms. The predicted molar refractivity (Wildman–Crippen MR) is 61.0 cm³/mol. The van der Waals surface area contributed by atoms with E-state index in [9.17, 15) is 10.2 Å². The molecule has 2 unspecified atom stereocenters. The number of nitrogens with zero attached hydrogens (tertiary/aromatic N) is 1. The molecule has 0 heterocycles. The lowest BCUT2D eigenvalue weighted by atomic mass is 10.1. The molecule has 1 aromatic carbocycles. The van der Waals surface area contributed by atoms with Gasteiger partial charge in [-0.05, 0) is 32.0 Å². The van der Waals surface area contributed by atoms with Crippen LogP contribution in [-0.4, -0.2) is 16.8 Å². The van der Waals surface area contributed by atoms with Crippen LogP contribution < -0.4 is 5.32 Å². The number of rotatable bonds is 4. The van der Waals surface area contributed by atoms with Gasteiger partial charge >= 0.3 is 0 Å². The maximum atomic E-state index is 9.61. The summed E-state index contributed by atoms with van der Waals surface area (Å²) < 4.78 is 0. The Labute approximate surface area is 95.2 Å². The van der Waals surface area contributed by atoms with Crippen LogP contribution >= 0.6 is 0 Å². The molecule has 0 aliphatic heterocycles. The van der Waals surface area contributed by atoms with E-state index in [1.54, 1.807) is 0 Å². The van der Waals surface area contributed by atoms with Gasteiger partial charge in [0, 0.05) is 18.2 Å². The van der Waals surface area contributed by atoms with Crippen molar-refractivity contribution >= 4 is 0 Å². The second kappa shape index (κ2) is 5.38. The molecule has 3 N–H and O–H groups in total. The molecular formula is C12H16N2O2. The van der Waals surface area contributed by atoms with Crippen LogP contribution in [0.5, 0.6) is 11.5 Å². The minimum atomic E-state index is -0.108. The van der Waals surface area contributed by atoms with Gasteiger partial charge in [-0.2, -0.15) is 5.26 Å². The summed E-state index contributed by atoms with van der Waals surface area (Å²) in [5, 5.41) is 30.7. The second-order valence-electron chi connectivity index (χ2n) is 3.90. The third-order valence-corrected chi connectivity index (χ3v) is 2.43. The van der Waals surface area contributed by atoms with Gasteiger partial charge in [-0.25, -0.2) is 0 Å². The molecule has 2 atom stereocenters. The average molecular weight is 220 g/mol. The van der Waals surface area contributed by atoms with Gasteiger partial charge in [0.25, 0.3) is 0 Å². The largest absolute Gasteiger partial charge is 0.508 e. The lowest BCUT2D eigenvalue weighted by molar-refractivity contribution is 0.437. The number of hydrogen-bond acceptors (Lipinski definition) is 4. The number of nitrogens with one attached hydrogen (secondary N) is 1. The first-order valence-corrected chi connectivity index (χ1v) is 5.19. The van der Waals surface area contributed by atoms with Crippen LogP contribution in [0.25, 0.3) is 0 Å². The molecule has 0 amide bonds. The third kappa shape index (κ3) is 3.14. The normalized spacial score (nSPS) is 14.1. The van der Waals surface area contributed by atoms with Gasteiger partial charge in [0.05, 0.1) is 12.0 Å². The quantitative estimate of drug-likeness (QED) is 0.677. The molecule has 0 saturated carbocycles. The van der Waals surface area contributed by atoms with Crippen LogP contribution in [0.15, 0.2) is 18.2 Å². The highest BCUT2D eigenvalue weighted by Gasteiger charge is 2.11. The number of phenols is 2. The first-order chi connectivity index (χ1) is 7.54. The van der Waals surface area contributed by atoms with Crippen molar-refractivity contribution in [3.05, 3.63) is 23.8 Å². The van der Waals surface area contributed by atoms with Gasteiger partial charge in [-0.15, -0.1) is 0 Å². The van der Waals surface area contributed by atoms with E-state index in [1.165, 1.54) is 18.2 Å². The number of nitriles is 1. The minimum Gasteiger partial charge on any atom is -0.508 e. The van der Waals surface area contributed by atoms with Crippen LogP contribution in [0, 0.1) is 17.2 Å². The number of hydrogen-bond donors (Lipinski definition) is 3. The van der Waals surface area contributed by atoms with Gasteiger partial charge in [-0.1, -0.05) is 0 Å². The van der Waals surface area contributed by atoms with Crippen LogP contribution in [0.4, 0.5) is 0 Å². The zero-order chi connectivity index (χ0) is 12.1. The molecule has 86 valence electrons. The zero-order valence-electron chi connectivity index (χ0n) is 9.44. The van der Waals surface area contributed by atoms with E-state index in [-0.39, 0.29) is 23.5 Å². The summed E-state index contributed by atoms with van der Waals surface area (Å²) in [5.41, 5.74) is 0.630.